The van der Waals surface area contributed by atoms with E-state index in [0.717, 1.165) is 12.8 Å². The number of nitrogens with one attached hydrogen (secondary N) is 1. The Morgan fingerprint density at radius 2 is 1.92 bits per heavy atom. The number of nitrogens with zero attached hydrogens (tertiary/aromatic N) is 3. The van der Waals surface area contributed by atoms with Crippen molar-refractivity contribution in [2.24, 2.45) is 11.8 Å². The molecule has 36 heavy (non-hydrogen) atoms. The number of likely N-dealkylation sites (N-methyl/N-ethyl adjacent to an activating group) is 1. The lowest BCUT2D eigenvalue weighted by Gasteiger charge is -2.36. The van der Waals surface area contributed by atoms with Crippen molar-refractivity contribution in [2.45, 2.75) is 38.8 Å². The number of ether oxygens (including phenoxy) is 2. The first kappa shape index (κ1) is 25.6. The summed E-state index contributed by atoms with van der Waals surface area (Å²) in [5, 5.41) is 2.90. The minimum atomic E-state index is -0.299. The number of amides is 3. The average molecular weight is 495 g/mol. The number of methoxy groups -OCH3 is 1. The summed E-state index contributed by atoms with van der Waals surface area (Å²) in [6, 6.07) is 10.1. The Labute approximate surface area is 211 Å². The highest BCUT2D eigenvalue weighted by Gasteiger charge is 2.32. The first-order chi connectivity index (χ1) is 17.3. The van der Waals surface area contributed by atoms with Crippen LogP contribution in [0.5, 0.6) is 5.75 Å². The Morgan fingerprint density at radius 1 is 1.14 bits per heavy atom. The first-order valence-corrected chi connectivity index (χ1v) is 12.4. The van der Waals surface area contributed by atoms with E-state index in [1.54, 1.807) is 66.6 Å². The van der Waals surface area contributed by atoms with Gasteiger partial charge in [0.05, 0.1) is 17.7 Å². The molecule has 0 bridgehead atoms. The van der Waals surface area contributed by atoms with Gasteiger partial charge in [-0.3, -0.25) is 19.4 Å². The van der Waals surface area contributed by atoms with Crippen molar-refractivity contribution >= 4 is 23.4 Å². The highest BCUT2D eigenvalue weighted by atomic mass is 16.5. The molecule has 9 nitrogen and oxygen atoms in total. The lowest BCUT2D eigenvalue weighted by atomic mass is 10.0. The zero-order valence-electron chi connectivity index (χ0n) is 21.3. The first-order valence-electron chi connectivity index (χ1n) is 12.4. The quantitative estimate of drug-likeness (QED) is 0.701. The Morgan fingerprint density at radius 3 is 2.58 bits per heavy atom. The van der Waals surface area contributed by atoms with Gasteiger partial charge >= 0.3 is 0 Å². The van der Waals surface area contributed by atoms with E-state index in [0.29, 0.717) is 35.8 Å². The molecule has 1 fully saturated rings. The maximum absolute atomic E-state index is 13.4. The third kappa shape index (κ3) is 5.84. The van der Waals surface area contributed by atoms with Crippen molar-refractivity contribution in [2.75, 3.05) is 39.2 Å². The number of pyridine rings is 1. The molecular weight excluding hydrogens is 460 g/mol. The van der Waals surface area contributed by atoms with Crippen molar-refractivity contribution in [1.82, 2.24) is 14.8 Å². The second kappa shape index (κ2) is 11.1. The normalized spacial score (nSPS) is 23.1. The van der Waals surface area contributed by atoms with E-state index in [1.807, 2.05) is 13.8 Å². The number of hydrogen-bond donors (Lipinski definition) is 1. The Kier molecular flexibility index (Phi) is 7.88. The van der Waals surface area contributed by atoms with Gasteiger partial charge in [0.2, 0.25) is 5.91 Å². The fraction of sp³-hybridized carbons (Fsp3) is 0.481. The van der Waals surface area contributed by atoms with Gasteiger partial charge in [0.25, 0.3) is 11.8 Å². The van der Waals surface area contributed by atoms with E-state index in [9.17, 15) is 14.4 Å². The summed E-state index contributed by atoms with van der Waals surface area (Å²) in [6.07, 6.45) is 3.09. The van der Waals surface area contributed by atoms with Crippen molar-refractivity contribution in [1.29, 1.82) is 0 Å². The topological polar surface area (TPSA) is 101 Å². The van der Waals surface area contributed by atoms with Crippen LogP contribution in [0.2, 0.25) is 0 Å². The highest BCUT2D eigenvalue weighted by Crippen LogP contribution is 2.31. The number of rotatable bonds is 4. The van der Waals surface area contributed by atoms with Gasteiger partial charge < -0.3 is 24.6 Å². The summed E-state index contributed by atoms with van der Waals surface area (Å²) in [5.41, 5.74) is 1.27. The molecule has 4 rings (SSSR count). The van der Waals surface area contributed by atoms with Gasteiger partial charge in [0.15, 0.2) is 0 Å². The number of fused-ring (bicyclic) bond motifs is 1. The predicted molar refractivity (Wildman–Crippen MR) is 135 cm³/mol. The third-order valence-corrected chi connectivity index (χ3v) is 6.81. The molecule has 2 heterocycles. The standard InChI is InChI=1S/C27H34N4O5/c1-17-14-31(27(34)22-7-5-6-12-28-22)18(2)16-36-23-11-10-20(29-25(32)19-8-9-19)13-21(23)26(33)30(3)15-24(17)35-4/h5-7,10-13,17-19,24H,8-9,14-16H2,1-4H3,(H,29,32)/t17-,18+,24-/m0/s1. The number of aromatic nitrogens is 1. The monoisotopic (exact) mass is 494 g/mol. The van der Waals surface area contributed by atoms with Crippen LogP contribution in [0.3, 0.4) is 0 Å². The van der Waals surface area contributed by atoms with E-state index in [4.69, 9.17) is 9.47 Å². The van der Waals surface area contributed by atoms with Gasteiger partial charge in [-0.15, -0.1) is 0 Å². The largest absolute Gasteiger partial charge is 0.491 e. The van der Waals surface area contributed by atoms with Crippen LogP contribution in [0.4, 0.5) is 5.69 Å². The number of carbonyl (C=O) groups is 3. The molecule has 1 aromatic carbocycles. The molecule has 2 aliphatic rings. The minimum absolute atomic E-state index is 0.0320. The molecule has 192 valence electrons. The fourth-order valence-electron chi connectivity index (χ4n) is 4.36. The second-order valence-corrected chi connectivity index (χ2v) is 9.74. The molecule has 1 saturated carbocycles. The van der Waals surface area contributed by atoms with Crippen LogP contribution >= 0.6 is 0 Å². The number of benzene rings is 1. The molecule has 3 atom stereocenters. The van der Waals surface area contributed by atoms with Crippen LogP contribution in [0, 0.1) is 11.8 Å². The SMILES string of the molecule is CO[C@H]1CN(C)C(=O)c2cc(NC(=O)C3CC3)ccc2OC[C@@H](C)N(C(=O)c2ccccn2)C[C@@H]1C. The number of hydrogen-bond acceptors (Lipinski definition) is 6. The van der Waals surface area contributed by atoms with Crippen LogP contribution in [0.25, 0.3) is 0 Å². The summed E-state index contributed by atoms with van der Waals surface area (Å²) >= 11 is 0. The van der Waals surface area contributed by atoms with Crippen molar-refractivity contribution < 1.29 is 23.9 Å². The van der Waals surface area contributed by atoms with Crippen LogP contribution in [0.15, 0.2) is 42.6 Å². The molecule has 1 aromatic heterocycles. The zero-order valence-corrected chi connectivity index (χ0v) is 21.3. The summed E-state index contributed by atoms with van der Waals surface area (Å²) in [5.74, 6) is -0.0625. The van der Waals surface area contributed by atoms with Crippen molar-refractivity contribution in [3.05, 3.63) is 53.9 Å². The van der Waals surface area contributed by atoms with E-state index in [2.05, 4.69) is 10.3 Å². The molecule has 1 aliphatic carbocycles. The molecule has 9 heteroatoms. The van der Waals surface area contributed by atoms with E-state index >= 15 is 0 Å². The van der Waals surface area contributed by atoms with Gasteiger partial charge in [-0.2, -0.15) is 0 Å². The number of anilines is 1. The van der Waals surface area contributed by atoms with Crippen molar-refractivity contribution in [3.63, 3.8) is 0 Å². The number of carbonyl (C=O) groups excluding carboxylic acids is 3. The lowest BCUT2D eigenvalue weighted by molar-refractivity contribution is -0.117. The fourth-order valence-corrected chi connectivity index (χ4v) is 4.36. The van der Waals surface area contributed by atoms with Crippen LogP contribution in [-0.2, 0) is 9.53 Å². The van der Waals surface area contributed by atoms with Crippen LogP contribution in [0.1, 0.15) is 47.5 Å². The Bertz CT molecular complexity index is 1100. The average Bonchev–Trinajstić information content (AvgIpc) is 3.74. The van der Waals surface area contributed by atoms with E-state index < -0.39 is 0 Å². The summed E-state index contributed by atoms with van der Waals surface area (Å²) in [6.45, 7) is 4.84. The summed E-state index contributed by atoms with van der Waals surface area (Å²) < 4.78 is 11.9. The minimum Gasteiger partial charge on any atom is -0.491 e. The maximum Gasteiger partial charge on any atom is 0.272 e. The maximum atomic E-state index is 13.4. The van der Waals surface area contributed by atoms with Crippen LogP contribution in [-0.4, -0.2) is 78.5 Å². The molecule has 0 saturated heterocycles. The van der Waals surface area contributed by atoms with E-state index in [1.165, 1.54) is 0 Å². The smallest absolute Gasteiger partial charge is 0.272 e. The molecule has 1 N–H and O–H groups in total. The van der Waals surface area contributed by atoms with Gasteiger partial charge in [-0.1, -0.05) is 13.0 Å². The second-order valence-electron chi connectivity index (χ2n) is 9.74. The highest BCUT2D eigenvalue weighted by molar-refractivity contribution is 6.00. The van der Waals surface area contributed by atoms with Crippen molar-refractivity contribution in [3.8, 4) is 5.75 Å². The molecule has 3 amide bonds. The predicted octanol–water partition coefficient (Wildman–Crippen LogP) is 3.08. The molecule has 0 unspecified atom stereocenters. The molecule has 1 aliphatic heterocycles. The van der Waals surface area contributed by atoms with Gasteiger partial charge in [0.1, 0.15) is 18.1 Å². The van der Waals surface area contributed by atoms with Gasteiger partial charge in [-0.05, 0) is 50.1 Å². The Balaban J connectivity index is 1.65. The van der Waals surface area contributed by atoms with E-state index in [-0.39, 0.29) is 48.3 Å². The Hall–Kier alpha value is -3.46. The summed E-state index contributed by atoms with van der Waals surface area (Å²) in [4.78, 5) is 46.7. The molecule has 2 aromatic rings. The van der Waals surface area contributed by atoms with Gasteiger partial charge in [-0.25, -0.2) is 0 Å². The third-order valence-electron chi connectivity index (χ3n) is 6.81. The zero-order chi connectivity index (χ0) is 25.8. The van der Waals surface area contributed by atoms with Crippen LogP contribution < -0.4 is 10.1 Å². The molecular formula is C27H34N4O5. The molecule has 0 radical (unpaired) electrons. The molecule has 0 spiro atoms. The summed E-state index contributed by atoms with van der Waals surface area (Å²) in [7, 11) is 3.33. The van der Waals surface area contributed by atoms with Gasteiger partial charge in [0, 0.05) is 51.0 Å². The lowest BCUT2D eigenvalue weighted by Crippen LogP contribution is -2.48.